The molecule has 0 saturated heterocycles. The van der Waals surface area contributed by atoms with Crippen LogP contribution in [0.15, 0.2) is 29.6 Å². The SMILES string of the molecule is C=C/C=N\C=C(/C)O. The smallest absolute Gasteiger partial charge is 0.107 e. The van der Waals surface area contributed by atoms with Crippen LogP contribution in [0, 0.1) is 0 Å². The molecule has 0 fully saturated rings. The summed E-state index contributed by atoms with van der Waals surface area (Å²) in [5, 5.41) is 8.49. The van der Waals surface area contributed by atoms with E-state index in [4.69, 9.17) is 5.11 Å². The average molecular weight is 111 g/mol. The van der Waals surface area contributed by atoms with Gasteiger partial charge in [0.15, 0.2) is 0 Å². The Labute approximate surface area is 48.9 Å². The Hall–Kier alpha value is -1.05. The van der Waals surface area contributed by atoms with Crippen LogP contribution in [-0.4, -0.2) is 11.3 Å². The van der Waals surface area contributed by atoms with Crippen LogP contribution in [0.1, 0.15) is 6.92 Å². The van der Waals surface area contributed by atoms with E-state index in [1.807, 2.05) is 0 Å². The number of hydrogen-bond donors (Lipinski definition) is 1. The number of allylic oxidation sites excluding steroid dienone is 2. The van der Waals surface area contributed by atoms with E-state index in [9.17, 15) is 0 Å². The first-order valence-electron chi connectivity index (χ1n) is 2.27. The maximum atomic E-state index is 8.49. The van der Waals surface area contributed by atoms with Crippen LogP contribution >= 0.6 is 0 Å². The van der Waals surface area contributed by atoms with Crippen molar-refractivity contribution in [2.75, 3.05) is 0 Å². The highest BCUT2D eigenvalue weighted by molar-refractivity contribution is 5.70. The lowest BCUT2D eigenvalue weighted by Crippen LogP contribution is -1.66. The van der Waals surface area contributed by atoms with Crippen LogP contribution in [0.25, 0.3) is 0 Å². The van der Waals surface area contributed by atoms with Crippen molar-refractivity contribution in [3.63, 3.8) is 0 Å². The number of aliphatic hydroxyl groups excluding tert-OH is 1. The minimum atomic E-state index is 0.197. The molecule has 8 heavy (non-hydrogen) atoms. The summed E-state index contributed by atoms with van der Waals surface area (Å²) in [5.74, 6) is 0.197. The van der Waals surface area contributed by atoms with Gasteiger partial charge in [0, 0.05) is 6.21 Å². The molecule has 2 heteroatoms. The zero-order valence-corrected chi connectivity index (χ0v) is 4.83. The Bertz CT molecular complexity index is 120. The maximum Gasteiger partial charge on any atom is 0.107 e. The summed E-state index contributed by atoms with van der Waals surface area (Å²) in [4.78, 5) is 3.63. The zero-order chi connectivity index (χ0) is 6.41. The van der Waals surface area contributed by atoms with Crippen molar-refractivity contribution in [2.45, 2.75) is 6.92 Å². The van der Waals surface area contributed by atoms with Crippen LogP contribution < -0.4 is 0 Å². The minimum Gasteiger partial charge on any atom is -0.511 e. The molecule has 0 aromatic carbocycles. The molecular formula is C6H9NO. The van der Waals surface area contributed by atoms with Gasteiger partial charge in [-0.2, -0.15) is 0 Å². The lowest BCUT2D eigenvalue weighted by molar-refractivity contribution is 0.412. The fourth-order valence-corrected chi connectivity index (χ4v) is 0.212. The molecule has 0 amide bonds. The van der Waals surface area contributed by atoms with E-state index >= 15 is 0 Å². The first kappa shape index (κ1) is 6.95. The Morgan fingerprint density at radius 2 is 2.38 bits per heavy atom. The van der Waals surface area contributed by atoms with Gasteiger partial charge in [-0.25, -0.2) is 0 Å². The van der Waals surface area contributed by atoms with E-state index in [2.05, 4.69) is 11.6 Å². The molecule has 0 aliphatic heterocycles. The average Bonchev–Trinajstić information content (AvgIpc) is 1.66. The summed E-state index contributed by atoms with van der Waals surface area (Å²) in [6.45, 7) is 4.95. The molecular weight excluding hydrogens is 102 g/mol. The van der Waals surface area contributed by atoms with Crippen LogP contribution in [0.4, 0.5) is 0 Å². The van der Waals surface area contributed by atoms with E-state index < -0.39 is 0 Å². The van der Waals surface area contributed by atoms with Crippen molar-refractivity contribution < 1.29 is 5.11 Å². The fraction of sp³-hybridized carbons (Fsp3) is 0.167. The van der Waals surface area contributed by atoms with Crippen molar-refractivity contribution in [1.82, 2.24) is 0 Å². The van der Waals surface area contributed by atoms with Gasteiger partial charge in [0.1, 0.15) is 5.76 Å². The minimum absolute atomic E-state index is 0.197. The third kappa shape index (κ3) is 4.95. The third-order valence-electron chi connectivity index (χ3n) is 0.453. The normalized spacial score (nSPS) is 12.4. The summed E-state index contributed by atoms with van der Waals surface area (Å²) in [5.41, 5.74) is 0. The Balaban J connectivity index is 3.57. The van der Waals surface area contributed by atoms with Gasteiger partial charge in [-0.15, -0.1) is 0 Å². The summed E-state index contributed by atoms with van der Waals surface area (Å²) in [6.07, 6.45) is 4.39. The molecule has 0 saturated carbocycles. The molecule has 0 heterocycles. The lowest BCUT2D eigenvalue weighted by Gasteiger charge is -1.78. The third-order valence-corrected chi connectivity index (χ3v) is 0.453. The summed E-state index contributed by atoms with van der Waals surface area (Å²) >= 11 is 0. The fourth-order valence-electron chi connectivity index (χ4n) is 0.212. The van der Waals surface area contributed by atoms with E-state index in [-0.39, 0.29) is 5.76 Å². The highest BCUT2D eigenvalue weighted by Gasteiger charge is 1.69. The first-order chi connectivity index (χ1) is 3.77. The van der Waals surface area contributed by atoms with Gasteiger partial charge in [0.25, 0.3) is 0 Å². The predicted octanol–water partition coefficient (Wildman–Crippen LogP) is 1.66. The second kappa shape index (κ2) is 4.12. The molecule has 0 aromatic rings. The quantitative estimate of drug-likeness (QED) is 0.426. The van der Waals surface area contributed by atoms with Crippen LogP contribution in [-0.2, 0) is 0 Å². The Morgan fingerprint density at radius 3 is 2.75 bits per heavy atom. The number of rotatable bonds is 2. The predicted molar refractivity (Wildman–Crippen MR) is 35.1 cm³/mol. The van der Waals surface area contributed by atoms with Crippen LogP contribution in [0.5, 0.6) is 0 Å². The first-order valence-corrected chi connectivity index (χ1v) is 2.27. The van der Waals surface area contributed by atoms with Gasteiger partial charge in [-0.05, 0) is 6.92 Å². The standard InChI is InChI=1S/C6H9NO/c1-3-4-7-5-6(2)8/h3-5,8H,1H2,2H3/b6-5+,7-4-. The molecule has 44 valence electrons. The largest absolute Gasteiger partial charge is 0.511 e. The van der Waals surface area contributed by atoms with Gasteiger partial charge < -0.3 is 5.11 Å². The van der Waals surface area contributed by atoms with E-state index in [0.29, 0.717) is 0 Å². The molecule has 0 spiro atoms. The number of aliphatic imine (C=N–C) groups is 1. The van der Waals surface area contributed by atoms with Gasteiger partial charge >= 0.3 is 0 Å². The molecule has 0 rings (SSSR count). The van der Waals surface area contributed by atoms with Crippen molar-refractivity contribution in [2.24, 2.45) is 4.99 Å². The van der Waals surface area contributed by atoms with Gasteiger partial charge in [0.05, 0.1) is 6.20 Å². The van der Waals surface area contributed by atoms with Gasteiger partial charge in [-0.1, -0.05) is 12.7 Å². The van der Waals surface area contributed by atoms with Crippen molar-refractivity contribution in [1.29, 1.82) is 0 Å². The highest BCUT2D eigenvalue weighted by atomic mass is 16.3. The second-order valence-electron chi connectivity index (χ2n) is 1.30. The molecule has 0 aromatic heterocycles. The van der Waals surface area contributed by atoms with Crippen LogP contribution in [0.2, 0.25) is 0 Å². The topological polar surface area (TPSA) is 32.6 Å². The van der Waals surface area contributed by atoms with E-state index in [0.717, 1.165) is 0 Å². The van der Waals surface area contributed by atoms with Crippen molar-refractivity contribution >= 4 is 6.21 Å². The highest BCUT2D eigenvalue weighted by Crippen LogP contribution is 1.81. The maximum absolute atomic E-state index is 8.49. The lowest BCUT2D eigenvalue weighted by atomic mass is 10.6. The Morgan fingerprint density at radius 1 is 1.75 bits per heavy atom. The van der Waals surface area contributed by atoms with Gasteiger partial charge in [-0.3, -0.25) is 4.99 Å². The summed E-state index contributed by atoms with van der Waals surface area (Å²) < 4.78 is 0. The van der Waals surface area contributed by atoms with E-state index in [1.165, 1.54) is 12.4 Å². The zero-order valence-electron chi connectivity index (χ0n) is 4.83. The molecule has 0 bridgehead atoms. The molecule has 2 nitrogen and oxygen atoms in total. The number of hydrogen-bond acceptors (Lipinski definition) is 2. The molecule has 0 aliphatic rings. The van der Waals surface area contributed by atoms with Crippen molar-refractivity contribution in [3.8, 4) is 0 Å². The van der Waals surface area contributed by atoms with Gasteiger partial charge in [0.2, 0.25) is 0 Å². The molecule has 0 aliphatic carbocycles. The second-order valence-corrected chi connectivity index (χ2v) is 1.30. The monoisotopic (exact) mass is 111 g/mol. The molecule has 0 radical (unpaired) electrons. The summed E-state index contributed by atoms with van der Waals surface area (Å²) in [6, 6.07) is 0. The summed E-state index contributed by atoms with van der Waals surface area (Å²) in [7, 11) is 0. The van der Waals surface area contributed by atoms with E-state index in [1.54, 1.807) is 13.0 Å². The Kier molecular flexibility index (Phi) is 3.58. The van der Waals surface area contributed by atoms with Crippen molar-refractivity contribution in [3.05, 3.63) is 24.6 Å². The molecule has 1 N–H and O–H groups in total. The molecule has 0 atom stereocenters. The number of aliphatic hydroxyl groups is 1. The van der Waals surface area contributed by atoms with Crippen LogP contribution in [0.3, 0.4) is 0 Å². The molecule has 0 unspecified atom stereocenters. The number of nitrogens with zero attached hydrogens (tertiary/aromatic N) is 1.